The third-order valence-corrected chi connectivity index (χ3v) is 12.8. The van der Waals surface area contributed by atoms with Crippen LogP contribution < -0.4 is 26.3 Å². The van der Waals surface area contributed by atoms with Crippen molar-refractivity contribution in [3.8, 4) is 0 Å². The zero-order valence-corrected chi connectivity index (χ0v) is 18.2. The van der Waals surface area contributed by atoms with E-state index in [1.165, 1.54) is 15.9 Å². The molecule has 0 fully saturated rings. The van der Waals surface area contributed by atoms with Crippen LogP contribution in [-0.4, -0.2) is 19.4 Å². The van der Waals surface area contributed by atoms with Crippen molar-refractivity contribution in [2.24, 2.45) is 0 Å². The molecule has 3 aromatic rings. The molecule has 0 saturated carbocycles. The van der Waals surface area contributed by atoms with Gasteiger partial charge in [-0.2, -0.15) is 0 Å². The summed E-state index contributed by atoms with van der Waals surface area (Å²) in [6.07, 6.45) is 2.12. The second kappa shape index (κ2) is 9.01. The van der Waals surface area contributed by atoms with Crippen molar-refractivity contribution in [3.63, 3.8) is 0 Å². The van der Waals surface area contributed by atoms with E-state index in [0.717, 1.165) is 19.4 Å². The van der Waals surface area contributed by atoms with Gasteiger partial charge in [-0.1, -0.05) is 0 Å². The standard InChI is InChI=1S/C25H33N2P/c1-4-21-27-28(25(5-2)26-3,22-15-9-6-10-16-22,23-17-11-7-12-18-23)24-19-13-8-14-20-24/h6-20,25-27H,4-5,21H2,1-3H3. The second-order valence-electron chi connectivity index (χ2n) is 7.31. The topological polar surface area (TPSA) is 24.1 Å². The molecule has 0 aromatic heterocycles. The number of benzene rings is 3. The summed E-state index contributed by atoms with van der Waals surface area (Å²) in [7, 11) is 2.11. The molecular weight excluding hydrogens is 359 g/mol. The summed E-state index contributed by atoms with van der Waals surface area (Å²) in [5, 5.41) is 12.1. The molecule has 0 bridgehead atoms. The molecule has 3 heteroatoms. The average Bonchev–Trinajstić information content (AvgIpc) is 2.79. The molecule has 0 radical (unpaired) electrons. The monoisotopic (exact) mass is 392 g/mol. The Morgan fingerprint density at radius 3 is 1.36 bits per heavy atom. The number of hydrogen-bond acceptors (Lipinski definition) is 2. The van der Waals surface area contributed by atoms with Crippen LogP contribution in [0, 0.1) is 0 Å². The molecule has 0 saturated heterocycles. The van der Waals surface area contributed by atoms with Crippen LogP contribution in [0.2, 0.25) is 0 Å². The Balaban J connectivity index is 2.54. The van der Waals surface area contributed by atoms with Crippen molar-refractivity contribution in [2.45, 2.75) is 32.5 Å². The van der Waals surface area contributed by atoms with Gasteiger partial charge in [0, 0.05) is 0 Å². The van der Waals surface area contributed by atoms with E-state index in [0.29, 0.717) is 0 Å². The maximum absolute atomic E-state index is 4.22. The molecule has 3 aromatic carbocycles. The Hall–Kier alpha value is -1.99. The summed E-state index contributed by atoms with van der Waals surface area (Å²) < 4.78 is 0. The first-order valence-electron chi connectivity index (χ1n) is 10.3. The Morgan fingerprint density at radius 1 is 0.679 bits per heavy atom. The predicted octanol–water partition coefficient (Wildman–Crippen LogP) is 4.39. The van der Waals surface area contributed by atoms with Crippen molar-refractivity contribution in [1.29, 1.82) is 0 Å². The Morgan fingerprint density at radius 2 is 1.07 bits per heavy atom. The van der Waals surface area contributed by atoms with Gasteiger partial charge >= 0.3 is 170 Å². The van der Waals surface area contributed by atoms with E-state index >= 15 is 0 Å². The van der Waals surface area contributed by atoms with E-state index in [1.54, 1.807) is 0 Å². The van der Waals surface area contributed by atoms with Gasteiger partial charge in [-0.15, -0.1) is 0 Å². The van der Waals surface area contributed by atoms with Gasteiger partial charge in [-0.3, -0.25) is 0 Å². The van der Waals surface area contributed by atoms with Gasteiger partial charge in [0.2, 0.25) is 0 Å². The molecule has 3 rings (SSSR count). The molecule has 0 heterocycles. The molecular formula is C25H33N2P. The zero-order chi connectivity index (χ0) is 19.9. The van der Waals surface area contributed by atoms with Crippen LogP contribution >= 0.6 is 6.75 Å². The molecule has 2 nitrogen and oxygen atoms in total. The van der Waals surface area contributed by atoms with Crippen LogP contribution in [0.25, 0.3) is 0 Å². The van der Waals surface area contributed by atoms with Crippen LogP contribution in [0.5, 0.6) is 0 Å². The first kappa shape index (κ1) is 20.7. The molecule has 0 spiro atoms. The fourth-order valence-electron chi connectivity index (χ4n) is 4.76. The summed E-state index contributed by atoms with van der Waals surface area (Å²) in [6, 6.07) is 33.3. The van der Waals surface area contributed by atoms with Gasteiger partial charge in [-0.25, -0.2) is 0 Å². The van der Waals surface area contributed by atoms with Crippen molar-refractivity contribution in [3.05, 3.63) is 91.0 Å². The van der Waals surface area contributed by atoms with Crippen LogP contribution in [-0.2, 0) is 0 Å². The van der Waals surface area contributed by atoms with Crippen LogP contribution in [0.15, 0.2) is 91.0 Å². The van der Waals surface area contributed by atoms with Crippen molar-refractivity contribution < 1.29 is 0 Å². The van der Waals surface area contributed by atoms with Gasteiger partial charge < -0.3 is 0 Å². The molecule has 0 aliphatic carbocycles. The molecule has 1 unspecified atom stereocenters. The van der Waals surface area contributed by atoms with E-state index in [-0.39, 0.29) is 5.78 Å². The minimum absolute atomic E-state index is 0.282. The van der Waals surface area contributed by atoms with Crippen molar-refractivity contribution in [2.75, 3.05) is 13.6 Å². The van der Waals surface area contributed by atoms with Gasteiger partial charge in [-0.05, 0) is 0 Å². The number of hydrogen-bond donors (Lipinski definition) is 2. The van der Waals surface area contributed by atoms with Gasteiger partial charge in [0.05, 0.1) is 0 Å². The summed E-state index contributed by atoms with van der Waals surface area (Å²) in [6.45, 7) is 2.51. The third kappa shape index (κ3) is 3.10. The van der Waals surface area contributed by atoms with E-state index in [1.807, 2.05) is 0 Å². The summed E-state index contributed by atoms with van der Waals surface area (Å²) in [4.78, 5) is 0. The summed E-state index contributed by atoms with van der Waals surface area (Å²) >= 11 is 0. The van der Waals surface area contributed by atoms with E-state index in [4.69, 9.17) is 0 Å². The Labute approximate surface area is 170 Å². The first-order chi connectivity index (χ1) is 13.7. The predicted molar refractivity (Wildman–Crippen MR) is 127 cm³/mol. The quantitative estimate of drug-likeness (QED) is 0.528. The van der Waals surface area contributed by atoms with E-state index in [9.17, 15) is 0 Å². The van der Waals surface area contributed by atoms with Crippen LogP contribution in [0.4, 0.5) is 0 Å². The Kier molecular flexibility index (Phi) is 6.67. The van der Waals surface area contributed by atoms with Crippen LogP contribution in [0.3, 0.4) is 0 Å². The average molecular weight is 393 g/mol. The normalized spacial score (nSPS) is 14.2. The van der Waals surface area contributed by atoms with Gasteiger partial charge in [0.25, 0.3) is 0 Å². The molecule has 1 atom stereocenters. The van der Waals surface area contributed by atoms with Crippen molar-refractivity contribution >= 4 is 22.7 Å². The fourth-order valence-corrected chi connectivity index (χ4v) is 11.8. The van der Waals surface area contributed by atoms with Gasteiger partial charge in [0.1, 0.15) is 0 Å². The zero-order valence-electron chi connectivity index (χ0n) is 17.3. The second-order valence-corrected chi connectivity index (χ2v) is 12.2. The summed E-state index contributed by atoms with van der Waals surface area (Å²) in [5.41, 5.74) is 0. The van der Waals surface area contributed by atoms with E-state index in [2.05, 4.69) is 122 Å². The number of rotatable bonds is 9. The summed E-state index contributed by atoms with van der Waals surface area (Å²) in [5.74, 6) is 0.282. The molecule has 2 N–H and O–H groups in total. The van der Waals surface area contributed by atoms with Crippen LogP contribution in [0.1, 0.15) is 26.7 Å². The molecule has 28 heavy (non-hydrogen) atoms. The molecule has 148 valence electrons. The fraction of sp³-hybridized carbons (Fsp3) is 0.280. The van der Waals surface area contributed by atoms with Gasteiger partial charge in [0.15, 0.2) is 0 Å². The first-order valence-corrected chi connectivity index (χ1v) is 12.7. The molecule has 0 aliphatic heterocycles. The molecule has 0 amide bonds. The third-order valence-electron chi connectivity index (χ3n) is 5.91. The SMILES string of the molecule is CCCNP(c1ccccc1)(c1ccccc1)(c1ccccc1)C(CC)NC. The minimum atomic E-state index is -3.01. The van der Waals surface area contributed by atoms with E-state index < -0.39 is 6.75 Å². The number of nitrogens with one attached hydrogen (secondary N) is 2. The molecule has 0 aliphatic rings. The maximum atomic E-state index is 4.22. The van der Waals surface area contributed by atoms with Crippen molar-refractivity contribution in [1.82, 2.24) is 10.4 Å². The Bertz CT molecular complexity index is 746.